The third kappa shape index (κ3) is 4.06. The molecule has 0 saturated carbocycles. The average molecular weight is 339 g/mol. The molecule has 4 heteroatoms. The summed E-state index contributed by atoms with van der Waals surface area (Å²) in [5.74, 6) is 0. The molecular formula is C15H19BrN2S. The van der Waals surface area contributed by atoms with Crippen molar-refractivity contribution in [2.45, 2.75) is 25.9 Å². The number of hydrogen-bond acceptors (Lipinski definition) is 3. The molecule has 19 heavy (non-hydrogen) atoms. The molecule has 0 aliphatic carbocycles. The normalized spacial score (nSPS) is 12.4. The van der Waals surface area contributed by atoms with E-state index in [1.807, 2.05) is 6.92 Å². The highest BCUT2D eigenvalue weighted by Crippen LogP contribution is 2.26. The number of nitrogens with two attached hydrogens (primary N) is 1. The Balaban J connectivity index is 2.10. The molecule has 2 rings (SSSR count). The van der Waals surface area contributed by atoms with E-state index in [4.69, 9.17) is 5.73 Å². The van der Waals surface area contributed by atoms with Gasteiger partial charge in [-0.1, -0.05) is 28.1 Å². The highest BCUT2D eigenvalue weighted by atomic mass is 79.9. The molecule has 0 amide bonds. The van der Waals surface area contributed by atoms with Gasteiger partial charge in [0.1, 0.15) is 0 Å². The molecule has 1 atom stereocenters. The lowest BCUT2D eigenvalue weighted by atomic mass is 10.1. The SMILES string of the molecule is CC(N)Cc1ccc(N(C)Cc2cccs2)cc1Br. The van der Waals surface area contributed by atoms with Gasteiger partial charge in [0.25, 0.3) is 0 Å². The number of thiophene rings is 1. The Bertz CT molecular complexity index is 523. The molecule has 2 nitrogen and oxygen atoms in total. The average Bonchev–Trinajstić information content (AvgIpc) is 2.84. The van der Waals surface area contributed by atoms with Gasteiger partial charge in [-0.15, -0.1) is 11.3 Å². The van der Waals surface area contributed by atoms with Gasteiger partial charge < -0.3 is 10.6 Å². The lowest BCUT2D eigenvalue weighted by Crippen LogP contribution is -2.19. The second-order valence-electron chi connectivity index (χ2n) is 4.89. The maximum absolute atomic E-state index is 5.85. The first-order valence-corrected chi connectivity index (χ1v) is 8.01. The van der Waals surface area contributed by atoms with Crippen LogP contribution in [0.15, 0.2) is 40.2 Å². The fraction of sp³-hybridized carbons (Fsp3) is 0.333. The van der Waals surface area contributed by atoms with E-state index in [1.165, 1.54) is 16.1 Å². The van der Waals surface area contributed by atoms with Gasteiger partial charge >= 0.3 is 0 Å². The summed E-state index contributed by atoms with van der Waals surface area (Å²) < 4.78 is 1.14. The van der Waals surface area contributed by atoms with Crippen molar-refractivity contribution in [3.05, 3.63) is 50.6 Å². The Morgan fingerprint density at radius 2 is 2.16 bits per heavy atom. The first-order valence-electron chi connectivity index (χ1n) is 6.34. The van der Waals surface area contributed by atoms with Crippen molar-refractivity contribution in [3.63, 3.8) is 0 Å². The van der Waals surface area contributed by atoms with Crippen LogP contribution in [0.1, 0.15) is 17.4 Å². The van der Waals surface area contributed by atoms with E-state index in [1.54, 1.807) is 11.3 Å². The molecule has 1 aromatic heterocycles. The van der Waals surface area contributed by atoms with Gasteiger partial charge in [0.2, 0.25) is 0 Å². The standard InChI is InChI=1S/C15H19BrN2S/c1-11(17)8-12-5-6-13(9-15(12)16)18(2)10-14-4-3-7-19-14/h3-7,9,11H,8,10,17H2,1-2H3. The quantitative estimate of drug-likeness (QED) is 0.891. The summed E-state index contributed by atoms with van der Waals surface area (Å²) in [5, 5.41) is 2.12. The summed E-state index contributed by atoms with van der Waals surface area (Å²) >= 11 is 5.43. The fourth-order valence-corrected chi connectivity index (χ4v) is 3.30. The highest BCUT2D eigenvalue weighted by Gasteiger charge is 2.07. The smallest absolute Gasteiger partial charge is 0.0519 e. The minimum atomic E-state index is 0.186. The van der Waals surface area contributed by atoms with E-state index in [2.05, 4.69) is 63.6 Å². The van der Waals surface area contributed by atoms with E-state index in [-0.39, 0.29) is 6.04 Å². The van der Waals surface area contributed by atoms with Gasteiger partial charge in [0.15, 0.2) is 0 Å². The molecule has 2 N–H and O–H groups in total. The number of benzene rings is 1. The van der Waals surface area contributed by atoms with Gasteiger partial charge in [0, 0.05) is 28.1 Å². The van der Waals surface area contributed by atoms with Crippen LogP contribution in [-0.2, 0) is 13.0 Å². The summed E-state index contributed by atoms with van der Waals surface area (Å²) in [6.45, 7) is 2.97. The highest BCUT2D eigenvalue weighted by molar-refractivity contribution is 9.10. The maximum Gasteiger partial charge on any atom is 0.0519 e. The van der Waals surface area contributed by atoms with Crippen molar-refractivity contribution in [2.24, 2.45) is 5.73 Å². The van der Waals surface area contributed by atoms with E-state index >= 15 is 0 Å². The summed E-state index contributed by atoms with van der Waals surface area (Å²) in [7, 11) is 2.12. The summed E-state index contributed by atoms with van der Waals surface area (Å²) in [4.78, 5) is 3.63. The Labute approximate surface area is 127 Å². The Morgan fingerprint density at radius 3 is 2.74 bits per heavy atom. The van der Waals surface area contributed by atoms with Gasteiger partial charge in [-0.05, 0) is 42.5 Å². The van der Waals surface area contributed by atoms with E-state index in [0.717, 1.165) is 17.4 Å². The van der Waals surface area contributed by atoms with Crippen molar-refractivity contribution >= 4 is 33.0 Å². The molecule has 0 bridgehead atoms. The monoisotopic (exact) mass is 338 g/mol. The Hall–Kier alpha value is -0.840. The number of hydrogen-bond donors (Lipinski definition) is 1. The maximum atomic E-state index is 5.85. The van der Waals surface area contributed by atoms with Crippen molar-refractivity contribution in [1.82, 2.24) is 0 Å². The number of nitrogens with zero attached hydrogens (tertiary/aromatic N) is 1. The van der Waals surface area contributed by atoms with Gasteiger partial charge in [0.05, 0.1) is 6.54 Å². The van der Waals surface area contributed by atoms with E-state index in [9.17, 15) is 0 Å². The van der Waals surface area contributed by atoms with Crippen molar-refractivity contribution in [2.75, 3.05) is 11.9 Å². The van der Waals surface area contributed by atoms with Crippen LogP contribution in [0, 0.1) is 0 Å². The molecule has 2 aromatic rings. The molecule has 1 unspecified atom stereocenters. The first-order chi connectivity index (χ1) is 9.06. The van der Waals surface area contributed by atoms with Crippen molar-refractivity contribution < 1.29 is 0 Å². The Kier molecular flexibility index (Phi) is 5.02. The summed E-state index contributed by atoms with van der Waals surface area (Å²) in [5.41, 5.74) is 8.33. The van der Waals surface area contributed by atoms with Crippen LogP contribution >= 0.6 is 27.3 Å². The molecule has 0 aliphatic heterocycles. The minimum absolute atomic E-state index is 0.186. The van der Waals surface area contributed by atoms with Crippen LogP contribution in [0.2, 0.25) is 0 Å². The zero-order chi connectivity index (χ0) is 13.8. The second-order valence-corrected chi connectivity index (χ2v) is 6.78. The minimum Gasteiger partial charge on any atom is -0.369 e. The lowest BCUT2D eigenvalue weighted by molar-refractivity contribution is 0.736. The van der Waals surface area contributed by atoms with Crippen LogP contribution < -0.4 is 10.6 Å². The van der Waals surface area contributed by atoms with Gasteiger partial charge in [-0.25, -0.2) is 0 Å². The number of halogens is 1. The predicted molar refractivity (Wildman–Crippen MR) is 87.9 cm³/mol. The first kappa shape index (κ1) is 14.6. The topological polar surface area (TPSA) is 29.3 Å². The molecule has 102 valence electrons. The lowest BCUT2D eigenvalue weighted by Gasteiger charge is -2.20. The molecule has 0 fully saturated rings. The van der Waals surface area contributed by atoms with Crippen LogP contribution in [0.5, 0.6) is 0 Å². The molecule has 0 spiro atoms. The van der Waals surface area contributed by atoms with Gasteiger partial charge in [-0.3, -0.25) is 0 Å². The van der Waals surface area contributed by atoms with Crippen LogP contribution in [0.25, 0.3) is 0 Å². The fourth-order valence-electron chi connectivity index (χ4n) is 2.01. The largest absolute Gasteiger partial charge is 0.369 e. The van der Waals surface area contributed by atoms with Crippen LogP contribution in [0.4, 0.5) is 5.69 Å². The second kappa shape index (κ2) is 6.55. The van der Waals surface area contributed by atoms with Crippen LogP contribution in [-0.4, -0.2) is 13.1 Å². The summed E-state index contributed by atoms with van der Waals surface area (Å²) in [6.07, 6.45) is 0.898. The molecule has 1 heterocycles. The van der Waals surface area contributed by atoms with E-state index in [0.29, 0.717) is 0 Å². The van der Waals surface area contributed by atoms with Crippen molar-refractivity contribution in [1.29, 1.82) is 0 Å². The Morgan fingerprint density at radius 1 is 1.37 bits per heavy atom. The van der Waals surface area contributed by atoms with Crippen LogP contribution in [0.3, 0.4) is 0 Å². The predicted octanol–water partition coefficient (Wildman–Crippen LogP) is 4.04. The van der Waals surface area contributed by atoms with E-state index < -0.39 is 0 Å². The molecule has 0 aliphatic rings. The zero-order valence-electron chi connectivity index (χ0n) is 11.3. The summed E-state index contributed by atoms with van der Waals surface area (Å²) in [6, 6.07) is 10.9. The molecule has 1 aromatic carbocycles. The van der Waals surface area contributed by atoms with Crippen molar-refractivity contribution in [3.8, 4) is 0 Å². The molecule has 0 saturated heterocycles. The third-order valence-corrected chi connectivity index (χ3v) is 4.59. The molecule has 0 radical (unpaired) electrons. The molecular weight excluding hydrogens is 320 g/mol. The van der Waals surface area contributed by atoms with Gasteiger partial charge in [-0.2, -0.15) is 0 Å². The zero-order valence-corrected chi connectivity index (χ0v) is 13.7. The third-order valence-electron chi connectivity index (χ3n) is 2.99. The number of rotatable bonds is 5. The number of anilines is 1.